The SMILES string of the molecule is NC(=O)C12CCC(N3CC4(c5cccc(Cl)c5)C=CCN4C3=O)(CC1)CC2. The van der Waals surface area contributed by atoms with Crippen LogP contribution in [0.3, 0.4) is 0 Å². The molecule has 5 aliphatic rings. The molecule has 3 amide bonds. The third kappa shape index (κ3) is 2.18. The fraction of sp³-hybridized carbons (Fsp3) is 0.524. The van der Waals surface area contributed by atoms with Crippen molar-refractivity contribution in [2.45, 2.75) is 49.6 Å². The fourth-order valence-corrected chi connectivity index (χ4v) is 6.05. The molecule has 0 radical (unpaired) electrons. The average molecular weight is 386 g/mol. The Morgan fingerprint density at radius 1 is 1.07 bits per heavy atom. The van der Waals surface area contributed by atoms with Crippen molar-refractivity contribution in [2.24, 2.45) is 11.1 Å². The molecule has 4 fully saturated rings. The number of urea groups is 1. The van der Waals surface area contributed by atoms with Crippen LogP contribution < -0.4 is 5.73 Å². The lowest BCUT2D eigenvalue weighted by atomic mass is 9.56. The van der Waals surface area contributed by atoms with Crippen LogP contribution in [0.25, 0.3) is 0 Å². The van der Waals surface area contributed by atoms with Crippen LogP contribution in [0, 0.1) is 5.41 Å². The zero-order valence-corrected chi connectivity index (χ0v) is 16.0. The van der Waals surface area contributed by atoms with Crippen LogP contribution in [0.5, 0.6) is 0 Å². The molecule has 0 aromatic heterocycles. The van der Waals surface area contributed by atoms with E-state index in [2.05, 4.69) is 23.1 Å². The summed E-state index contributed by atoms with van der Waals surface area (Å²) >= 11 is 6.25. The summed E-state index contributed by atoms with van der Waals surface area (Å²) < 4.78 is 0. The molecule has 27 heavy (non-hydrogen) atoms. The third-order valence-electron chi connectivity index (χ3n) is 7.65. The normalized spacial score (nSPS) is 37.1. The third-order valence-corrected chi connectivity index (χ3v) is 7.89. The van der Waals surface area contributed by atoms with Gasteiger partial charge in [-0.2, -0.15) is 0 Å². The Morgan fingerprint density at radius 2 is 1.78 bits per heavy atom. The Balaban J connectivity index is 1.49. The number of hydrogen-bond donors (Lipinski definition) is 1. The van der Waals surface area contributed by atoms with Gasteiger partial charge < -0.3 is 15.5 Å². The highest BCUT2D eigenvalue weighted by atomic mass is 35.5. The maximum atomic E-state index is 13.4. The second-order valence-electron chi connectivity index (χ2n) is 8.69. The molecule has 2 bridgehead atoms. The number of amides is 3. The molecule has 6 rings (SSSR count). The highest BCUT2D eigenvalue weighted by Gasteiger charge is 2.61. The van der Waals surface area contributed by atoms with Crippen molar-refractivity contribution < 1.29 is 9.59 Å². The zero-order chi connectivity index (χ0) is 18.9. The maximum Gasteiger partial charge on any atom is 0.321 e. The van der Waals surface area contributed by atoms with E-state index in [-0.39, 0.29) is 22.9 Å². The standard InChI is InChI=1S/C21H24ClN3O2/c22-16-4-1-3-15(13-16)21-5-2-12-24(21)18(27)25(14-21)20-9-6-19(7-10-20,8-11-20)17(23)26/h1-5,13H,6-12,14H2,(H2,23,26). The van der Waals surface area contributed by atoms with Gasteiger partial charge in [-0.3, -0.25) is 4.79 Å². The molecule has 1 saturated heterocycles. The minimum Gasteiger partial charge on any atom is -0.369 e. The first kappa shape index (κ1) is 17.1. The molecule has 1 aromatic rings. The predicted octanol–water partition coefficient (Wildman–Crippen LogP) is 3.42. The van der Waals surface area contributed by atoms with Crippen molar-refractivity contribution >= 4 is 23.5 Å². The second kappa shape index (κ2) is 5.51. The fourth-order valence-electron chi connectivity index (χ4n) is 5.86. The molecule has 2 aliphatic heterocycles. The van der Waals surface area contributed by atoms with Crippen LogP contribution in [0.4, 0.5) is 4.79 Å². The number of rotatable bonds is 3. The van der Waals surface area contributed by atoms with Gasteiger partial charge in [0.05, 0.1) is 6.54 Å². The van der Waals surface area contributed by atoms with Gasteiger partial charge in [0.25, 0.3) is 0 Å². The van der Waals surface area contributed by atoms with Crippen LogP contribution in [0.1, 0.15) is 44.1 Å². The lowest BCUT2D eigenvalue weighted by molar-refractivity contribution is -0.137. The van der Waals surface area contributed by atoms with Crippen molar-refractivity contribution in [1.29, 1.82) is 0 Å². The van der Waals surface area contributed by atoms with Crippen LogP contribution >= 0.6 is 11.6 Å². The number of hydrogen-bond acceptors (Lipinski definition) is 2. The topological polar surface area (TPSA) is 66.6 Å². The van der Waals surface area contributed by atoms with Gasteiger partial charge in [0, 0.05) is 22.5 Å². The van der Waals surface area contributed by atoms with Gasteiger partial charge in [-0.25, -0.2) is 4.79 Å². The van der Waals surface area contributed by atoms with E-state index < -0.39 is 5.54 Å². The lowest BCUT2D eigenvalue weighted by Gasteiger charge is -2.55. The van der Waals surface area contributed by atoms with Crippen LogP contribution in [-0.4, -0.2) is 40.4 Å². The van der Waals surface area contributed by atoms with Crippen molar-refractivity contribution in [3.8, 4) is 0 Å². The van der Waals surface area contributed by atoms with E-state index in [1.54, 1.807) is 0 Å². The first-order chi connectivity index (χ1) is 12.9. The van der Waals surface area contributed by atoms with Gasteiger partial charge in [-0.15, -0.1) is 0 Å². The van der Waals surface area contributed by atoms with Gasteiger partial charge in [0.2, 0.25) is 5.91 Å². The van der Waals surface area contributed by atoms with Crippen LogP contribution in [-0.2, 0) is 10.3 Å². The van der Waals surface area contributed by atoms with E-state index in [9.17, 15) is 9.59 Å². The number of benzene rings is 1. The molecule has 142 valence electrons. The van der Waals surface area contributed by atoms with Crippen molar-refractivity contribution in [1.82, 2.24) is 9.80 Å². The number of fused-ring (bicyclic) bond motifs is 4. The van der Waals surface area contributed by atoms with Gasteiger partial charge in [-0.05, 0) is 56.2 Å². The second-order valence-corrected chi connectivity index (χ2v) is 9.12. The maximum absolute atomic E-state index is 13.4. The monoisotopic (exact) mass is 385 g/mol. The molecule has 0 spiro atoms. The molecule has 2 heterocycles. The minimum absolute atomic E-state index is 0.105. The Kier molecular flexibility index (Phi) is 3.49. The number of carbonyl (C=O) groups excluding carboxylic acids is 2. The summed E-state index contributed by atoms with van der Waals surface area (Å²) in [5.74, 6) is -0.164. The predicted molar refractivity (Wildman–Crippen MR) is 103 cm³/mol. The summed E-state index contributed by atoms with van der Waals surface area (Å²) in [4.78, 5) is 29.5. The molecule has 3 aliphatic carbocycles. The summed E-state index contributed by atoms with van der Waals surface area (Å²) in [6.07, 6.45) is 9.23. The summed E-state index contributed by atoms with van der Waals surface area (Å²) in [5, 5.41) is 0.688. The highest BCUT2D eigenvalue weighted by Crippen LogP contribution is 2.57. The Bertz CT molecular complexity index is 842. The molecule has 5 nitrogen and oxygen atoms in total. The van der Waals surface area contributed by atoms with Crippen LogP contribution in [0.15, 0.2) is 36.4 Å². The minimum atomic E-state index is -0.438. The van der Waals surface area contributed by atoms with Crippen molar-refractivity contribution in [3.05, 3.63) is 47.0 Å². The van der Waals surface area contributed by atoms with Gasteiger partial charge in [0.15, 0.2) is 0 Å². The quantitative estimate of drug-likeness (QED) is 0.810. The Labute approximate surface area is 164 Å². The van der Waals surface area contributed by atoms with Gasteiger partial charge in [-0.1, -0.05) is 35.9 Å². The molecular formula is C21H24ClN3O2. The van der Waals surface area contributed by atoms with E-state index in [1.165, 1.54) is 0 Å². The van der Waals surface area contributed by atoms with E-state index >= 15 is 0 Å². The summed E-state index contributed by atoms with van der Waals surface area (Å²) in [6, 6.07) is 7.95. The van der Waals surface area contributed by atoms with Gasteiger partial charge >= 0.3 is 6.03 Å². The van der Waals surface area contributed by atoms with E-state index in [0.717, 1.165) is 44.1 Å². The zero-order valence-electron chi connectivity index (χ0n) is 15.3. The lowest BCUT2D eigenvalue weighted by Crippen LogP contribution is -2.60. The van der Waals surface area contributed by atoms with E-state index in [4.69, 9.17) is 17.3 Å². The largest absolute Gasteiger partial charge is 0.369 e. The Morgan fingerprint density at radius 3 is 2.41 bits per heavy atom. The summed E-state index contributed by atoms with van der Waals surface area (Å²) in [6.45, 7) is 1.27. The molecule has 1 unspecified atom stereocenters. The molecular weight excluding hydrogens is 362 g/mol. The molecule has 1 aromatic carbocycles. The summed E-state index contributed by atoms with van der Waals surface area (Å²) in [5.41, 5.74) is 5.84. The van der Waals surface area contributed by atoms with Crippen molar-refractivity contribution in [2.75, 3.05) is 13.1 Å². The highest BCUT2D eigenvalue weighted by molar-refractivity contribution is 6.30. The summed E-state index contributed by atoms with van der Waals surface area (Å²) in [7, 11) is 0. The number of primary amides is 1. The average Bonchev–Trinajstić information content (AvgIpc) is 3.23. The van der Waals surface area contributed by atoms with Crippen molar-refractivity contribution in [3.63, 3.8) is 0 Å². The first-order valence-electron chi connectivity index (χ1n) is 9.74. The smallest absolute Gasteiger partial charge is 0.321 e. The molecule has 2 N–H and O–H groups in total. The molecule has 6 heteroatoms. The van der Waals surface area contributed by atoms with Gasteiger partial charge in [0.1, 0.15) is 5.54 Å². The van der Waals surface area contributed by atoms with Crippen LogP contribution in [0.2, 0.25) is 5.02 Å². The molecule has 1 atom stereocenters. The number of nitrogens with zero attached hydrogens (tertiary/aromatic N) is 2. The number of carbonyl (C=O) groups is 2. The molecule has 3 saturated carbocycles. The van der Waals surface area contributed by atoms with E-state index in [0.29, 0.717) is 18.1 Å². The number of nitrogens with two attached hydrogens (primary N) is 1. The first-order valence-corrected chi connectivity index (χ1v) is 10.1. The number of halogens is 1. The Hall–Kier alpha value is -2.01. The van der Waals surface area contributed by atoms with E-state index in [1.807, 2.05) is 23.1 Å².